The van der Waals surface area contributed by atoms with Crippen LogP contribution < -0.4 is 0 Å². The van der Waals surface area contributed by atoms with Gasteiger partial charge >= 0.3 is 0 Å². The number of halogens is 4. The lowest BCUT2D eigenvalue weighted by atomic mass is 9.63. The van der Waals surface area contributed by atoms with Gasteiger partial charge in [-0.1, -0.05) is 65.2 Å². The molecule has 222 valence electrons. The first kappa shape index (κ1) is 30.6. The average molecular weight is 545 g/mol. The number of unbranched alkanes of at least 4 members (excludes halogenated alkanes) is 4. The Labute approximate surface area is 230 Å². The number of alkyl halides is 4. The van der Waals surface area contributed by atoms with E-state index in [-0.39, 0.29) is 23.7 Å². The van der Waals surface area contributed by atoms with E-state index < -0.39 is 30.8 Å². The monoisotopic (exact) mass is 544 g/mol. The fourth-order valence-electron chi connectivity index (χ4n) is 8.59. The van der Waals surface area contributed by atoms with E-state index >= 15 is 8.78 Å². The molecule has 4 rings (SSSR count). The molecule has 1 nitrogen and oxygen atoms in total. The highest BCUT2D eigenvalue weighted by atomic mass is 19.2. The molecule has 0 bridgehead atoms. The highest BCUT2D eigenvalue weighted by molar-refractivity contribution is 4.95. The minimum Gasteiger partial charge on any atom is -0.375 e. The second-order valence-electron chi connectivity index (χ2n) is 13.9. The van der Waals surface area contributed by atoms with Crippen molar-refractivity contribution in [1.82, 2.24) is 0 Å². The molecule has 0 spiro atoms. The lowest BCUT2D eigenvalue weighted by Crippen LogP contribution is -2.45. The molecule has 0 aromatic heterocycles. The van der Waals surface area contributed by atoms with E-state index in [1.807, 2.05) is 0 Å². The summed E-state index contributed by atoms with van der Waals surface area (Å²) >= 11 is 0. The van der Waals surface area contributed by atoms with E-state index in [0.717, 1.165) is 57.3 Å². The van der Waals surface area contributed by atoms with Crippen molar-refractivity contribution in [3.63, 3.8) is 0 Å². The van der Waals surface area contributed by atoms with Crippen LogP contribution in [0.2, 0.25) is 0 Å². The Morgan fingerprint density at radius 3 is 1.68 bits per heavy atom. The number of hydrogen-bond donors (Lipinski definition) is 0. The Bertz CT molecular complexity index is 659. The van der Waals surface area contributed by atoms with Crippen LogP contribution in [0.4, 0.5) is 17.6 Å². The van der Waals surface area contributed by atoms with E-state index in [0.29, 0.717) is 31.3 Å². The maximum Gasteiger partial charge on any atom is 0.157 e. The molecule has 0 aromatic rings. The predicted molar refractivity (Wildman–Crippen MR) is 148 cm³/mol. The van der Waals surface area contributed by atoms with Crippen LogP contribution in [-0.2, 0) is 4.74 Å². The highest BCUT2D eigenvalue weighted by Gasteiger charge is 2.47. The summed E-state index contributed by atoms with van der Waals surface area (Å²) in [5.41, 5.74) is 0. The molecule has 0 N–H and O–H groups in total. The molecule has 5 heteroatoms. The fraction of sp³-hybridized carbons (Fsp3) is 1.00. The zero-order valence-corrected chi connectivity index (χ0v) is 24.3. The van der Waals surface area contributed by atoms with Gasteiger partial charge in [0.15, 0.2) is 6.17 Å². The number of ether oxygens (including phenoxy) is 1. The number of hydrogen-bond acceptors (Lipinski definition) is 1. The standard InChI is InChI=1S/C33H56F4O/c1-3-4-5-6-7-8-23-10-14-25(15-11-23)27-18-19-28(32(36)31(27)35)26-16-12-24(13-17-26)21-38-29-20-9-22(2)30(34)33(29)37/h22-33H,3-21H2,1-2H3. The first-order chi connectivity index (χ1) is 18.4. The van der Waals surface area contributed by atoms with Crippen molar-refractivity contribution in [1.29, 1.82) is 0 Å². The third-order valence-corrected chi connectivity index (χ3v) is 11.3. The Balaban J connectivity index is 1.14. The molecule has 0 aliphatic heterocycles. The van der Waals surface area contributed by atoms with Crippen molar-refractivity contribution in [2.75, 3.05) is 6.61 Å². The first-order valence-corrected chi connectivity index (χ1v) is 16.6. The van der Waals surface area contributed by atoms with Crippen molar-refractivity contribution >= 4 is 0 Å². The normalized spacial score (nSPS) is 44.7. The summed E-state index contributed by atoms with van der Waals surface area (Å²) in [6.07, 6.45) is 13.0. The summed E-state index contributed by atoms with van der Waals surface area (Å²) < 4.78 is 65.2. The van der Waals surface area contributed by atoms with Gasteiger partial charge in [-0.2, -0.15) is 0 Å². The Morgan fingerprint density at radius 2 is 1.11 bits per heavy atom. The van der Waals surface area contributed by atoms with Crippen molar-refractivity contribution < 1.29 is 22.3 Å². The van der Waals surface area contributed by atoms with Gasteiger partial charge in [0.1, 0.15) is 18.5 Å². The maximum atomic E-state index is 15.5. The molecule has 38 heavy (non-hydrogen) atoms. The molecular formula is C33H56F4O. The molecular weight excluding hydrogens is 488 g/mol. The summed E-state index contributed by atoms with van der Waals surface area (Å²) in [7, 11) is 0. The second kappa shape index (κ2) is 15.1. The van der Waals surface area contributed by atoms with E-state index in [4.69, 9.17) is 4.74 Å². The Hall–Kier alpha value is -0.320. The van der Waals surface area contributed by atoms with Gasteiger partial charge in [0.05, 0.1) is 6.10 Å². The van der Waals surface area contributed by atoms with Crippen LogP contribution in [0, 0.1) is 41.4 Å². The van der Waals surface area contributed by atoms with Crippen molar-refractivity contribution in [3.8, 4) is 0 Å². The lowest BCUT2D eigenvalue weighted by Gasteiger charge is -2.45. The molecule has 8 atom stereocenters. The first-order valence-electron chi connectivity index (χ1n) is 16.6. The van der Waals surface area contributed by atoms with Crippen LogP contribution >= 0.6 is 0 Å². The van der Waals surface area contributed by atoms with Crippen LogP contribution in [0.1, 0.15) is 129 Å². The Kier molecular flexibility index (Phi) is 12.1. The topological polar surface area (TPSA) is 9.23 Å². The van der Waals surface area contributed by atoms with E-state index in [1.54, 1.807) is 6.92 Å². The van der Waals surface area contributed by atoms with Gasteiger partial charge in [0, 0.05) is 6.61 Å². The smallest absolute Gasteiger partial charge is 0.157 e. The summed E-state index contributed by atoms with van der Waals surface area (Å²) in [6.45, 7) is 4.49. The van der Waals surface area contributed by atoms with E-state index in [2.05, 4.69) is 6.92 Å². The summed E-state index contributed by atoms with van der Waals surface area (Å²) in [5, 5.41) is 0. The van der Waals surface area contributed by atoms with Crippen molar-refractivity contribution in [2.24, 2.45) is 41.4 Å². The zero-order valence-electron chi connectivity index (χ0n) is 24.3. The third kappa shape index (κ3) is 7.90. The van der Waals surface area contributed by atoms with Gasteiger partial charge in [0.25, 0.3) is 0 Å². The SMILES string of the molecule is CCCCCCCC1CCC(C2CCC(C3CCC(COC4CCC(C)C(F)C4F)CC3)C(F)C2F)CC1. The van der Waals surface area contributed by atoms with Crippen molar-refractivity contribution in [3.05, 3.63) is 0 Å². The third-order valence-electron chi connectivity index (χ3n) is 11.3. The second-order valence-corrected chi connectivity index (χ2v) is 13.9. The molecule has 0 heterocycles. The lowest BCUT2D eigenvalue weighted by molar-refractivity contribution is -0.0860. The van der Waals surface area contributed by atoms with Crippen LogP contribution in [-0.4, -0.2) is 37.4 Å². The van der Waals surface area contributed by atoms with Gasteiger partial charge in [0.2, 0.25) is 0 Å². The van der Waals surface area contributed by atoms with Gasteiger partial charge < -0.3 is 4.74 Å². The minimum absolute atomic E-state index is 0.0809. The molecule has 4 aliphatic rings. The van der Waals surface area contributed by atoms with Gasteiger partial charge in [-0.15, -0.1) is 0 Å². The number of rotatable bonds is 11. The molecule has 4 saturated carbocycles. The summed E-state index contributed by atoms with van der Waals surface area (Å²) in [4.78, 5) is 0. The van der Waals surface area contributed by atoms with Gasteiger partial charge in [-0.3, -0.25) is 0 Å². The summed E-state index contributed by atoms with van der Waals surface area (Å²) in [5.74, 6) is 1.30. The summed E-state index contributed by atoms with van der Waals surface area (Å²) in [6, 6.07) is 0. The predicted octanol–water partition coefficient (Wildman–Crippen LogP) is 10.2. The average Bonchev–Trinajstić information content (AvgIpc) is 2.93. The van der Waals surface area contributed by atoms with Crippen LogP contribution in [0.5, 0.6) is 0 Å². The minimum atomic E-state index is -1.52. The van der Waals surface area contributed by atoms with Crippen LogP contribution in [0.15, 0.2) is 0 Å². The van der Waals surface area contributed by atoms with Gasteiger partial charge in [-0.05, 0) is 106 Å². The fourth-order valence-corrected chi connectivity index (χ4v) is 8.59. The van der Waals surface area contributed by atoms with E-state index in [9.17, 15) is 8.78 Å². The molecule has 4 fully saturated rings. The molecule has 0 saturated heterocycles. The molecule has 0 radical (unpaired) electrons. The molecule has 0 aromatic carbocycles. The quantitative estimate of drug-likeness (QED) is 0.186. The largest absolute Gasteiger partial charge is 0.375 e. The molecule has 4 aliphatic carbocycles. The van der Waals surface area contributed by atoms with Crippen molar-refractivity contribution in [2.45, 2.75) is 160 Å². The van der Waals surface area contributed by atoms with Gasteiger partial charge in [-0.25, -0.2) is 17.6 Å². The Morgan fingerprint density at radius 1 is 0.553 bits per heavy atom. The molecule has 8 unspecified atom stereocenters. The van der Waals surface area contributed by atoms with Crippen LogP contribution in [0.3, 0.4) is 0 Å². The van der Waals surface area contributed by atoms with E-state index in [1.165, 1.54) is 51.4 Å². The molecule has 0 amide bonds. The highest BCUT2D eigenvalue weighted by Crippen LogP contribution is 2.48. The van der Waals surface area contributed by atoms with Crippen LogP contribution in [0.25, 0.3) is 0 Å². The maximum absolute atomic E-state index is 15.5. The zero-order chi connectivity index (χ0) is 27.1.